The summed E-state index contributed by atoms with van der Waals surface area (Å²) in [6.45, 7) is 0. The average molecular weight is 215 g/mol. The van der Waals surface area contributed by atoms with Crippen LogP contribution in [0.25, 0.3) is 0 Å². The van der Waals surface area contributed by atoms with Gasteiger partial charge in [-0.2, -0.15) is 5.21 Å². The topological polar surface area (TPSA) is 91.8 Å². The first-order valence-electron chi connectivity index (χ1n) is 4.50. The molecular formula is C9H5N5O2. The number of imide groups is 1. The molecule has 0 unspecified atom stereocenters. The van der Waals surface area contributed by atoms with E-state index in [4.69, 9.17) is 0 Å². The predicted octanol–water partition coefficient (Wildman–Crippen LogP) is 0.000300. The van der Waals surface area contributed by atoms with Gasteiger partial charge in [-0.1, -0.05) is 17.2 Å². The molecule has 0 saturated carbocycles. The van der Waals surface area contributed by atoms with Crippen LogP contribution in [0, 0.1) is 0 Å². The fourth-order valence-corrected chi connectivity index (χ4v) is 1.62. The van der Waals surface area contributed by atoms with Crippen LogP contribution in [0.15, 0.2) is 24.3 Å². The number of H-pyrrole nitrogens is 1. The number of anilines is 1. The number of rotatable bonds is 1. The molecule has 7 heteroatoms. The third-order valence-electron chi connectivity index (χ3n) is 2.33. The molecule has 1 aromatic heterocycles. The smallest absolute Gasteiger partial charge is 0.268 e. The summed E-state index contributed by atoms with van der Waals surface area (Å²) < 4.78 is 0. The van der Waals surface area contributed by atoms with Crippen molar-refractivity contribution in [2.45, 2.75) is 0 Å². The number of fused-ring (bicyclic) bond motifs is 1. The Morgan fingerprint density at radius 1 is 1.06 bits per heavy atom. The zero-order valence-corrected chi connectivity index (χ0v) is 7.91. The summed E-state index contributed by atoms with van der Waals surface area (Å²) in [5, 5.41) is 12.8. The number of tetrazole rings is 1. The molecule has 1 aliphatic rings. The second-order valence-corrected chi connectivity index (χ2v) is 3.20. The minimum absolute atomic E-state index is 0.0359. The summed E-state index contributed by atoms with van der Waals surface area (Å²) in [7, 11) is 0. The Kier molecular flexibility index (Phi) is 1.61. The van der Waals surface area contributed by atoms with Gasteiger partial charge >= 0.3 is 0 Å². The van der Waals surface area contributed by atoms with E-state index >= 15 is 0 Å². The van der Waals surface area contributed by atoms with Crippen LogP contribution in [0.3, 0.4) is 0 Å². The highest BCUT2D eigenvalue weighted by Gasteiger charge is 2.38. The molecule has 2 aromatic rings. The third kappa shape index (κ3) is 0.991. The molecule has 0 bridgehead atoms. The number of nitrogens with one attached hydrogen (secondary N) is 1. The van der Waals surface area contributed by atoms with Crippen LogP contribution in [0.1, 0.15) is 20.7 Å². The van der Waals surface area contributed by atoms with E-state index < -0.39 is 11.8 Å². The number of amides is 2. The maximum atomic E-state index is 11.9. The summed E-state index contributed by atoms with van der Waals surface area (Å²) in [4.78, 5) is 24.7. The van der Waals surface area contributed by atoms with Crippen molar-refractivity contribution in [2.75, 3.05) is 4.90 Å². The zero-order valence-electron chi connectivity index (χ0n) is 7.91. The summed E-state index contributed by atoms with van der Waals surface area (Å²) in [6.07, 6.45) is 0. The zero-order chi connectivity index (χ0) is 11.1. The van der Waals surface area contributed by atoms with E-state index in [2.05, 4.69) is 20.6 Å². The number of carbonyl (C=O) groups excluding carboxylic acids is 2. The van der Waals surface area contributed by atoms with Gasteiger partial charge in [0.25, 0.3) is 17.8 Å². The van der Waals surface area contributed by atoms with Gasteiger partial charge < -0.3 is 0 Å². The van der Waals surface area contributed by atoms with Crippen molar-refractivity contribution < 1.29 is 9.59 Å². The number of aromatic nitrogens is 4. The molecule has 1 aliphatic heterocycles. The van der Waals surface area contributed by atoms with Crippen molar-refractivity contribution in [2.24, 2.45) is 0 Å². The predicted molar refractivity (Wildman–Crippen MR) is 51.8 cm³/mol. The number of benzene rings is 1. The summed E-state index contributed by atoms with van der Waals surface area (Å²) in [5.41, 5.74) is 0.717. The average Bonchev–Trinajstić information content (AvgIpc) is 2.89. The maximum Gasteiger partial charge on any atom is 0.279 e. The lowest BCUT2D eigenvalue weighted by Crippen LogP contribution is -2.30. The Balaban J connectivity index is 2.15. The number of carbonyl (C=O) groups is 2. The van der Waals surface area contributed by atoms with Crippen molar-refractivity contribution in [3.05, 3.63) is 35.4 Å². The molecule has 16 heavy (non-hydrogen) atoms. The van der Waals surface area contributed by atoms with E-state index in [-0.39, 0.29) is 5.95 Å². The van der Waals surface area contributed by atoms with Crippen LogP contribution in [0.5, 0.6) is 0 Å². The second kappa shape index (κ2) is 2.96. The monoisotopic (exact) mass is 215 g/mol. The van der Waals surface area contributed by atoms with Crippen LogP contribution in [0.4, 0.5) is 5.95 Å². The minimum atomic E-state index is -0.429. The van der Waals surface area contributed by atoms with E-state index in [0.717, 1.165) is 4.90 Å². The minimum Gasteiger partial charge on any atom is -0.268 e. The molecule has 2 amide bonds. The lowest BCUT2D eigenvalue weighted by Gasteiger charge is -2.06. The van der Waals surface area contributed by atoms with Gasteiger partial charge in [-0.3, -0.25) is 9.59 Å². The molecule has 7 nitrogen and oxygen atoms in total. The molecular weight excluding hydrogens is 210 g/mol. The lowest BCUT2D eigenvalue weighted by atomic mass is 10.1. The molecule has 0 radical (unpaired) electrons. The third-order valence-corrected chi connectivity index (χ3v) is 2.33. The Hall–Kier alpha value is -2.57. The quantitative estimate of drug-likeness (QED) is 0.676. The first-order chi connectivity index (χ1) is 7.79. The van der Waals surface area contributed by atoms with Gasteiger partial charge in [-0.05, 0) is 17.3 Å². The molecule has 0 saturated heterocycles. The fourth-order valence-electron chi connectivity index (χ4n) is 1.62. The van der Waals surface area contributed by atoms with E-state index in [0.29, 0.717) is 11.1 Å². The summed E-state index contributed by atoms with van der Waals surface area (Å²) in [5.74, 6) is -0.893. The Morgan fingerprint density at radius 2 is 1.69 bits per heavy atom. The highest BCUT2D eigenvalue weighted by Crippen LogP contribution is 2.24. The highest BCUT2D eigenvalue weighted by molar-refractivity contribution is 6.33. The van der Waals surface area contributed by atoms with Crippen molar-refractivity contribution in [3.8, 4) is 0 Å². The van der Waals surface area contributed by atoms with Crippen molar-refractivity contribution in [1.82, 2.24) is 20.6 Å². The van der Waals surface area contributed by atoms with Crippen molar-refractivity contribution >= 4 is 17.8 Å². The lowest BCUT2D eigenvalue weighted by molar-refractivity contribution is 0.0924. The van der Waals surface area contributed by atoms with Gasteiger partial charge in [-0.25, -0.2) is 4.90 Å². The second-order valence-electron chi connectivity index (χ2n) is 3.20. The first-order valence-corrected chi connectivity index (χ1v) is 4.50. The van der Waals surface area contributed by atoms with Crippen LogP contribution in [-0.2, 0) is 0 Å². The van der Waals surface area contributed by atoms with Gasteiger partial charge in [0.05, 0.1) is 11.1 Å². The Labute approximate surface area is 89.1 Å². The molecule has 3 rings (SSSR count). The first kappa shape index (κ1) is 8.72. The molecule has 2 heterocycles. The van der Waals surface area contributed by atoms with Crippen molar-refractivity contribution in [3.63, 3.8) is 0 Å². The highest BCUT2D eigenvalue weighted by atomic mass is 16.2. The number of nitrogens with zero attached hydrogens (tertiary/aromatic N) is 4. The van der Waals surface area contributed by atoms with Gasteiger partial charge in [0.1, 0.15) is 0 Å². The van der Waals surface area contributed by atoms with Crippen LogP contribution >= 0.6 is 0 Å². The molecule has 0 atom stereocenters. The van der Waals surface area contributed by atoms with Gasteiger partial charge in [0, 0.05) is 0 Å². The standard InChI is InChI=1S/C9H5N5O2/c15-7-5-3-1-2-4-6(5)8(16)14(7)9-10-12-13-11-9/h1-4H,(H,10,11,12,13). The molecule has 78 valence electrons. The molecule has 1 aromatic carbocycles. The van der Waals surface area contributed by atoms with Gasteiger partial charge in [-0.15, -0.1) is 5.10 Å². The van der Waals surface area contributed by atoms with Crippen LogP contribution in [-0.4, -0.2) is 32.4 Å². The molecule has 0 fully saturated rings. The van der Waals surface area contributed by atoms with E-state index in [1.165, 1.54) is 0 Å². The van der Waals surface area contributed by atoms with Crippen LogP contribution in [0.2, 0.25) is 0 Å². The summed E-state index contributed by atoms with van der Waals surface area (Å²) >= 11 is 0. The SMILES string of the molecule is O=C1c2ccccc2C(=O)N1c1nn[nH]n1. The maximum absolute atomic E-state index is 11.9. The summed E-state index contributed by atoms with van der Waals surface area (Å²) in [6, 6.07) is 6.58. The molecule has 0 spiro atoms. The number of hydrogen-bond donors (Lipinski definition) is 1. The van der Waals surface area contributed by atoms with E-state index in [9.17, 15) is 9.59 Å². The largest absolute Gasteiger partial charge is 0.279 e. The Morgan fingerprint density at radius 3 is 2.19 bits per heavy atom. The number of aromatic amines is 1. The van der Waals surface area contributed by atoms with Crippen LogP contribution < -0.4 is 4.90 Å². The Bertz CT molecular complexity index is 542. The van der Waals surface area contributed by atoms with Gasteiger partial charge in [0.2, 0.25) is 0 Å². The van der Waals surface area contributed by atoms with Crippen molar-refractivity contribution in [1.29, 1.82) is 0 Å². The van der Waals surface area contributed by atoms with Gasteiger partial charge in [0.15, 0.2) is 0 Å². The molecule has 1 N–H and O–H groups in total. The van der Waals surface area contributed by atoms with E-state index in [1.54, 1.807) is 24.3 Å². The van der Waals surface area contributed by atoms with E-state index in [1.807, 2.05) is 0 Å². The normalized spacial score (nSPS) is 14.4. The fraction of sp³-hybridized carbons (Fsp3) is 0. The number of hydrogen-bond acceptors (Lipinski definition) is 5. The molecule has 0 aliphatic carbocycles.